The predicted octanol–water partition coefficient (Wildman–Crippen LogP) is 4.46. The molecule has 1 unspecified atom stereocenters. The minimum absolute atomic E-state index is 0.166. The maximum atomic E-state index is 12.2. The molecule has 2 rings (SSSR count). The molecule has 7 heteroatoms. The summed E-state index contributed by atoms with van der Waals surface area (Å²) in [5.41, 5.74) is 1.04. The van der Waals surface area contributed by atoms with E-state index in [1.165, 1.54) is 11.3 Å². The Bertz CT molecular complexity index is 599. The maximum Gasteiger partial charge on any atom is 0.694 e. The molecule has 6 nitrogen and oxygen atoms in total. The van der Waals surface area contributed by atoms with Crippen LogP contribution in [0.15, 0.2) is 24.3 Å². The van der Waals surface area contributed by atoms with Gasteiger partial charge in [-0.15, -0.1) is 9.42 Å². The van der Waals surface area contributed by atoms with Gasteiger partial charge in [0.05, 0.1) is 11.1 Å². The molecule has 0 fully saturated rings. The third-order valence-corrected chi connectivity index (χ3v) is 5.01. The Labute approximate surface area is 155 Å². The van der Waals surface area contributed by atoms with E-state index in [1.54, 1.807) is 24.3 Å². The summed E-state index contributed by atoms with van der Waals surface area (Å²) in [7, 11) is -2.46. The Balaban J connectivity index is 1.47. The van der Waals surface area contributed by atoms with Gasteiger partial charge in [0.25, 0.3) is 11.8 Å². The number of rotatable bonds is 13. The zero-order valence-corrected chi connectivity index (χ0v) is 16.0. The molecule has 0 aromatic heterocycles. The van der Waals surface area contributed by atoms with Crippen LogP contribution in [0.25, 0.3) is 0 Å². The van der Waals surface area contributed by atoms with Crippen LogP contribution in [0.5, 0.6) is 0 Å². The lowest BCUT2D eigenvalue weighted by Crippen LogP contribution is -2.30. The monoisotopic (exact) mass is 380 g/mol. The minimum atomic E-state index is -2.46. The number of fused-ring (bicyclic) bond motifs is 1. The van der Waals surface area contributed by atoms with Crippen LogP contribution in [0.3, 0.4) is 0 Å². The first kappa shape index (κ1) is 20.7. The quantitative estimate of drug-likeness (QED) is 0.310. The number of benzene rings is 1. The highest BCUT2D eigenvalue weighted by molar-refractivity contribution is 7.32. The van der Waals surface area contributed by atoms with Gasteiger partial charge in [-0.2, -0.15) is 0 Å². The van der Waals surface area contributed by atoms with Crippen molar-refractivity contribution < 1.29 is 23.6 Å². The molecule has 1 aliphatic heterocycles. The molecule has 1 aliphatic rings. The Morgan fingerprint density at radius 1 is 0.808 bits per heavy atom. The van der Waals surface area contributed by atoms with Crippen molar-refractivity contribution >= 4 is 20.1 Å². The molecule has 1 atom stereocenters. The summed E-state index contributed by atoms with van der Waals surface area (Å²) < 4.78 is 14.9. The molecule has 142 valence electrons. The molecular weight excluding hydrogens is 353 g/mol. The summed E-state index contributed by atoms with van der Waals surface area (Å²) >= 11 is 0. The van der Waals surface area contributed by atoms with Gasteiger partial charge in [0, 0.05) is 11.1 Å². The number of unbranched alkanes of at least 4 members (excludes halogenated alkanes) is 8. The topological polar surface area (TPSA) is 83.9 Å². The first-order chi connectivity index (χ1) is 12.6. The molecule has 0 saturated carbocycles. The summed E-state index contributed by atoms with van der Waals surface area (Å²) in [5.74, 6) is -0.333. The van der Waals surface area contributed by atoms with E-state index in [2.05, 4.69) is 4.52 Å². The van der Waals surface area contributed by atoms with Gasteiger partial charge in [-0.05, 0) is 25.0 Å². The molecule has 1 aromatic rings. The molecular formula is C19H27NO5P+. The Hall–Kier alpha value is -1.62. The van der Waals surface area contributed by atoms with Crippen LogP contribution < -0.4 is 0 Å². The summed E-state index contributed by atoms with van der Waals surface area (Å²) in [6.07, 6.45) is 9.41. The molecule has 1 N–H and O–H groups in total. The minimum Gasteiger partial charge on any atom is -0.274 e. The fourth-order valence-corrected chi connectivity index (χ4v) is 3.48. The van der Waals surface area contributed by atoms with Crippen LogP contribution >= 0.6 is 8.25 Å². The molecule has 2 amide bonds. The number of hydrogen-bond acceptors (Lipinski definition) is 4. The van der Waals surface area contributed by atoms with Crippen molar-refractivity contribution in [2.45, 2.75) is 57.8 Å². The summed E-state index contributed by atoms with van der Waals surface area (Å²) in [6, 6.07) is 7.00. The van der Waals surface area contributed by atoms with E-state index in [4.69, 9.17) is 4.89 Å². The normalized spacial score (nSPS) is 14.0. The second kappa shape index (κ2) is 11.2. The standard InChI is InChI=1S/C19H26NO5P/c21-18-16-12-8-9-13-17(16)19(22)20(18)14-10-6-4-2-1-3-5-7-11-15-25-26(23)24/h8-9,12-13H,1-7,10-11,14-15H2/p+1. The number of carbonyl (C=O) groups excluding carboxylic acids is 2. The molecule has 0 aliphatic carbocycles. The van der Waals surface area contributed by atoms with Crippen LogP contribution in [-0.4, -0.2) is 34.8 Å². The molecule has 26 heavy (non-hydrogen) atoms. The van der Waals surface area contributed by atoms with Crippen LogP contribution in [-0.2, 0) is 9.09 Å². The van der Waals surface area contributed by atoms with Crippen molar-refractivity contribution in [3.8, 4) is 0 Å². The van der Waals surface area contributed by atoms with Crippen molar-refractivity contribution in [3.05, 3.63) is 35.4 Å². The lowest BCUT2D eigenvalue weighted by molar-refractivity contribution is 0.0651. The van der Waals surface area contributed by atoms with E-state index in [0.29, 0.717) is 24.3 Å². The average Bonchev–Trinajstić information content (AvgIpc) is 2.87. The largest absolute Gasteiger partial charge is 0.694 e. The smallest absolute Gasteiger partial charge is 0.274 e. The lowest BCUT2D eigenvalue weighted by Gasteiger charge is -2.13. The fourth-order valence-electron chi connectivity index (χ4n) is 3.19. The average molecular weight is 380 g/mol. The number of nitrogens with zero attached hydrogens (tertiary/aromatic N) is 1. The van der Waals surface area contributed by atoms with Gasteiger partial charge in [0.1, 0.15) is 6.61 Å². The van der Waals surface area contributed by atoms with E-state index in [-0.39, 0.29) is 11.8 Å². The van der Waals surface area contributed by atoms with Crippen molar-refractivity contribution in [3.63, 3.8) is 0 Å². The number of carbonyl (C=O) groups is 2. The predicted molar refractivity (Wildman–Crippen MR) is 99.1 cm³/mol. The SMILES string of the molecule is O=C1c2ccccc2C(=O)N1CCCCCCCCCCCO[P+](=O)O. The number of imide groups is 1. The summed E-state index contributed by atoms with van der Waals surface area (Å²) in [5, 5.41) is 0. The number of amides is 2. The molecule has 1 heterocycles. The van der Waals surface area contributed by atoms with E-state index >= 15 is 0 Å². The van der Waals surface area contributed by atoms with E-state index in [1.807, 2.05) is 0 Å². The summed E-state index contributed by atoms with van der Waals surface area (Å²) in [6.45, 7) is 0.850. The molecule has 0 radical (unpaired) electrons. The van der Waals surface area contributed by atoms with Gasteiger partial charge in [-0.25, -0.2) is 0 Å². The van der Waals surface area contributed by atoms with Gasteiger partial charge >= 0.3 is 8.25 Å². The van der Waals surface area contributed by atoms with Crippen LogP contribution in [0, 0.1) is 0 Å². The van der Waals surface area contributed by atoms with Crippen molar-refractivity contribution in [2.75, 3.05) is 13.2 Å². The molecule has 0 bridgehead atoms. The van der Waals surface area contributed by atoms with Gasteiger partial charge in [0.15, 0.2) is 0 Å². The second-order valence-electron chi connectivity index (χ2n) is 6.56. The molecule has 0 saturated heterocycles. The zero-order valence-electron chi connectivity index (χ0n) is 15.1. The van der Waals surface area contributed by atoms with Gasteiger partial charge < -0.3 is 0 Å². The van der Waals surface area contributed by atoms with Crippen molar-refractivity contribution in [1.82, 2.24) is 4.90 Å². The van der Waals surface area contributed by atoms with Gasteiger partial charge in [0.2, 0.25) is 0 Å². The van der Waals surface area contributed by atoms with Crippen LogP contribution in [0.4, 0.5) is 0 Å². The molecule has 0 spiro atoms. The van der Waals surface area contributed by atoms with Crippen LogP contribution in [0.2, 0.25) is 0 Å². The fraction of sp³-hybridized carbons (Fsp3) is 0.579. The van der Waals surface area contributed by atoms with Crippen LogP contribution in [0.1, 0.15) is 78.5 Å². The Kier molecular flexibility index (Phi) is 8.89. The zero-order chi connectivity index (χ0) is 18.8. The van der Waals surface area contributed by atoms with Crippen molar-refractivity contribution in [2.24, 2.45) is 0 Å². The third kappa shape index (κ3) is 6.27. The Morgan fingerprint density at radius 3 is 1.77 bits per heavy atom. The van der Waals surface area contributed by atoms with Gasteiger partial charge in [-0.3, -0.25) is 14.5 Å². The van der Waals surface area contributed by atoms with E-state index in [0.717, 1.165) is 51.4 Å². The highest BCUT2D eigenvalue weighted by atomic mass is 31.1. The third-order valence-electron chi connectivity index (χ3n) is 4.61. The van der Waals surface area contributed by atoms with E-state index in [9.17, 15) is 14.2 Å². The first-order valence-corrected chi connectivity index (χ1v) is 10.5. The maximum absolute atomic E-state index is 12.2. The lowest BCUT2D eigenvalue weighted by atomic mass is 10.1. The summed E-state index contributed by atoms with van der Waals surface area (Å²) in [4.78, 5) is 34.3. The molecule has 1 aromatic carbocycles. The first-order valence-electron chi connectivity index (χ1n) is 9.35. The van der Waals surface area contributed by atoms with Crippen molar-refractivity contribution in [1.29, 1.82) is 0 Å². The highest BCUT2D eigenvalue weighted by Gasteiger charge is 2.34. The van der Waals surface area contributed by atoms with Gasteiger partial charge in [-0.1, -0.05) is 57.1 Å². The highest BCUT2D eigenvalue weighted by Crippen LogP contribution is 2.23. The number of hydrogen-bond donors (Lipinski definition) is 1. The Morgan fingerprint density at radius 2 is 1.27 bits per heavy atom. The second-order valence-corrected chi connectivity index (χ2v) is 7.29. The van der Waals surface area contributed by atoms with E-state index < -0.39 is 8.25 Å².